The lowest BCUT2D eigenvalue weighted by molar-refractivity contribution is 0.102. The van der Waals surface area contributed by atoms with Crippen molar-refractivity contribution < 1.29 is 4.79 Å². The lowest BCUT2D eigenvalue weighted by Crippen LogP contribution is -2.30. The molecular weight excluding hydrogens is 380 g/mol. The Labute approximate surface area is 167 Å². The fourth-order valence-corrected chi connectivity index (χ4v) is 4.71. The van der Waals surface area contributed by atoms with Gasteiger partial charge in [-0.15, -0.1) is 11.3 Å². The van der Waals surface area contributed by atoms with Crippen molar-refractivity contribution in [1.29, 1.82) is 0 Å². The van der Waals surface area contributed by atoms with Gasteiger partial charge in [0.15, 0.2) is 0 Å². The molecule has 4 rings (SSSR count). The standard InChI is InChI=1S/C20H21ClN4OS/c1-12-6-7-14(21)15(10-12)24-19(26)16-13(2)27-20-17(16)18(22-11-23-20)25-8-4-3-5-9-25/h6-7,10-11H,3-5,8-9H2,1-2H3,(H,24,26). The minimum atomic E-state index is -0.167. The van der Waals surface area contributed by atoms with Crippen LogP contribution in [0.1, 0.15) is 40.1 Å². The first-order valence-corrected chi connectivity index (χ1v) is 10.3. The highest BCUT2D eigenvalue weighted by atomic mass is 35.5. The van der Waals surface area contributed by atoms with Crippen molar-refractivity contribution in [2.45, 2.75) is 33.1 Å². The zero-order valence-electron chi connectivity index (χ0n) is 15.4. The quantitative estimate of drug-likeness (QED) is 0.656. The van der Waals surface area contributed by atoms with E-state index in [2.05, 4.69) is 20.2 Å². The molecule has 0 aliphatic carbocycles. The van der Waals surface area contributed by atoms with Gasteiger partial charge in [-0.1, -0.05) is 17.7 Å². The number of nitrogens with one attached hydrogen (secondary N) is 1. The summed E-state index contributed by atoms with van der Waals surface area (Å²) >= 11 is 7.80. The summed E-state index contributed by atoms with van der Waals surface area (Å²) in [4.78, 5) is 26.2. The summed E-state index contributed by atoms with van der Waals surface area (Å²) in [6, 6.07) is 5.60. The van der Waals surface area contributed by atoms with E-state index in [-0.39, 0.29) is 5.91 Å². The van der Waals surface area contributed by atoms with Gasteiger partial charge >= 0.3 is 0 Å². The second-order valence-corrected chi connectivity index (χ2v) is 8.51. The zero-order chi connectivity index (χ0) is 19.0. The molecule has 0 bridgehead atoms. The topological polar surface area (TPSA) is 58.1 Å². The molecule has 0 unspecified atom stereocenters. The van der Waals surface area contributed by atoms with E-state index >= 15 is 0 Å². The van der Waals surface area contributed by atoms with Gasteiger partial charge in [0.05, 0.1) is 21.7 Å². The van der Waals surface area contributed by atoms with Crippen LogP contribution in [-0.4, -0.2) is 29.0 Å². The fraction of sp³-hybridized carbons (Fsp3) is 0.350. The first-order chi connectivity index (χ1) is 13.0. The molecule has 0 atom stereocenters. The molecule has 3 heterocycles. The maximum absolute atomic E-state index is 13.2. The molecule has 1 aliphatic heterocycles. The highest BCUT2D eigenvalue weighted by Gasteiger charge is 2.24. The number of hydrogen-bond donors (Lipinski definition) is 1. The molecule has 5 nitrogen and oxygen atoms in total. The molecule has 1 N–H and O–H groups in total. The van der Waals surface area contributed by atoms with Crippen LogP contribution in [0.5, 0.6) is 0 Å². The molecule has 3 aromatic rings. The van der Waals surface area contributed by atoms with Gasteiger partial charge in [-0.25, -0.2) is 9.97 Å². The molecule has 1 saturated heterocycles. The molecule has 1 amide bonds. The molecule has 1 aromatic carbocycles. The average molecular weight is 401 g/mol. The van der Waals surface area contributed by atoms with Gasteiger partial charge in [0.1, 0.15) is 17.0 Å². The molecule has 0 saturated carbocycles. The van der Waals surface area contributed by atoms with Crippen LogP contribution in [-0.2, 0) is 0 Å². The first-order valence-electron chi connectivity index (χ1n) is 9.11. The summed E-state index contributed by atoms with van der Waals surface area (Å²) in [6.45, 7) is 5.86. The molecule has 0 spiro atoms. The monoisotopic (exact) mass is 400 g/mol. The number of thiophene rings is 1. The highest BCUT2D eigenvalue weighted by Crippen LogP contribution is 2.36. The Morgan fingerprint density at radius 3 is 2.74 bits per heavy atom. The third-order valence-electron chi connectivity index (χ3n) is 4.90. The van der Waals surface area contributed by atoms with Crippen LogP contribution in [0.3, 0.4) is 0 Å². The Hall–Kier alpha value is -2.18. The molecular formula is C20H21ClN4OS. The Morgan fingerprint density at radius 2 is 1.96 bits per heavy atom. The molecule has 1 fully saturated rings. The highest BCUT2D eigenvalue weighted by molar-refractivity contribution is 7.19. The predicted molar refractivity (Wildman–Crippen MR) is 112 cm³/mol. The first kappa shape index (κ1) is 18.2. The SMILES string of the molecule is Cc1ccc(Cl)c(NC(=O)c2c(C)sc3ncnc(N4CCCCC4)c23)c1. The largest absolute Gasteiger partial charge is 0.356 e. The fourth-order valence-electron chi connectivity index (χ4n) is 3.57. The number of carbonyl (C=O) groups is 1. The second-order valence-electron chi connectivity index (χ2n) is 6.90. The number of aryl methyl sites for hydroxylation is 2. The number of nitrogens with zero attached hydrogens (tertiary/aromatic N) is 3. The van der Waals surface area contributed by atoms with Gasteiger partial charge in [-0.05, 0) is 50.8 Å². The number of carbonyl (C=O) groups excluding carboxylic acids is 1. The van der Waals surface area contributed by atoms with E-state index in [1.54, 1.807) is 12.4 Å². The lowest BCUT2D eigenvalue weighted by Gasteiger charge is -2.28. The third kappa shape index (κ3) is 3.51. The van der Waals surface area contributed by atoms with E-state index in [1.807, 2.05) is 26.0 Å². The van der Waals surface area contributed by atoms with Gasteiger partial charge in [-0.2, -0.15) is 0 Å². The maximum atomic E-state index is 13.2. The number of fused-ring (bicyclic) bond motifs is 1. The van der Waals surface area contributed by atoms with E-state index in [0.717, 1.165) is 52.4 Å². The van der Waals surface area contributed by atoms with Gasteiger partial charge in [0.25, 0.3) is 5.91 Å². The third-order valence-corrected chi connectivity index (χ3v) is 6.24. The number of rotatable bonds is 3. The van der Waals surface area contributed by atoms with Gasteiger partial charge in [0, 0.05) is 18.0 Å². The summed E-state index contributed by atoms with van der Waals surface area (Å²) < 4.78 is 0. The Kier molecular flexibility index (Phi) is 5.02. The zero-order valence-corrected chi connectivity index (χ0v) is 17.0. The van der Waals surface area contributed by atoms with Crippen LogP contribution in [0.4, 0.5) is 11.5 Å². The van der Waals surface area contributed by atoms with Gasteiger partial charge in [-0.3, -0.25) is 4.79 Å². The normalized spacial score (nSPS) is 14.6. The molecule has 27 heavy (non-hydrogen) atoms. The maximum Gasteiger partial charge on any atom is 0.257 e. The van der Waals surface area contributed by atoms with Crippen molar-refractivity contribution in [2.75, 3.05) is 23.3 Å². The van der Waals surface area contributed by atoms with Crippen LogP contribution in [0.25, 0.3) is 10.2 Å². The van der Waals surface area contributed by atoms with E-state index in [1.165, 1.54) is 17.8 Å². The van der Waals surface area contributed by atoms with E-state index in [0.29, 0.717) is 16.3 Å². The Bertz CT molecular complexity index is 1010. The smallest absolute Gasteiger partial charge is 0.257 e. The summed E-state index contributed by atoms with van der Waals surface area (Å²) in [6.07, 6.45) is 5.14. The summed E-state index contributed by atoms with van der Waals surface area (Å²) in [7, 11) is 0. The van der Waals surface area contributed by atoms with Gasteiger partial charge < -0.3 is 10.2 Å². The number of aromatic nitrogens is 2. The molecule has 7 heteroatoms. The minimum Gasteiger partial charge on any atom is -0.356 e. The van der Waals surface area contributed by atoms with Gasteiger partial charge in [0.2, 0.25) is 0 Å². The summed E-state index contributed by atoms with van der Waals surface area (Å²) in [5.74, 6) is 0.698. The average Bonchev–Trinajstić information content (AvgIpc) is 3.01. The number of hydrogen-bond acceptors (Lipinski definition) is 5. The van der Waals surface area contributed by atoms with E-state index < -0.39 is 0 Å². The van der Waals surface area contributed by atoms with Crippen molar-refractivity contribution in [2.24, 2.45) is 0 Å². The molecule has 1 aliphatic rings. The molecule has 0 radical (unpaired) electrons. The van der Waals surface area contributed by atoms with Crippen LogP contribution in [0.2, 0.25) is 5.02 Å². The second kappa shape index (κ2) is 7.44. The van der Waals surface area contributed by atoms with Crippen molar-refractivity contribution in [3.63, 3.8) is 0 Å². The van der Waals surface area contributed by atoms with Crippen molar-refractivity contribution >= 4 is 50.6 Å². The van der Waals surface area contributed by atoms with Crippen LogP contribution in [0, 0.1) is 13.8 Å². The van der Waals surface area contributed by atoms with Crippen molar-refractivity contribution in [3.8, 4) is 0 Å². The van der Waals surface area contributed by atoms with Crippen LogP contribution >= 0.6 is 22.9 Å². The number of piperidine rings is 1. The molecule has 140 valence electrons. The minimum absolute atomic E-state index is 0.167. The van der Waals surface area contributed by atoms with Crippen molar-refractivity contribution in [1.82, 2.24) is 9.97 Å². The summed E-state index contributed by atoms with van der Waals surface area (Å²) in [5.41, 5.74) is 2.31. The molecule has 2 aromatic heterocycles. The predicted octanol–water partition coefficient (Wildman–Crippen LogP) is 5.20. The van der Waals surface area contributed by atoms with Crippen LogP contribution < -0.4 is 10.2 Å². The number of anilines is 2. The Morgan fingerprint density at radius 1 is 1.19 bits per heavy atom. The Balaban J connectivity index is 1.77. The summed E-state index contributed by atoms with van der Waals surface area (Å²) in [5, 5.41) is 4.35. The number of halogens is 1. The van der Waals surface area contributed by atoms with Crippen LogP contribution in [0.15, 0.2) is 24.5 Å². The van der Waals surface area contributed by atoms with Crippen molar-refractivity contribution in [3.05, 3.63) is 45.6 Å². The van der Waals surface area contributed by atoms with E-state index in [4.69, 9.17) is 11.6 Å². The lowest BCUT2D eigenvalue weighted by atomic mass is 10.1. The number of amides is 1. The van der Waals surface area contributed by atoms with E-state index in [9.17, 15) is 4.79 Å². The number of benzene rings is 1.